The Kier molecular flexibility index (Phi) is 4.35. The van der Waals surface area contributed by atoms with Gasteiger partial charge in [-0.1, -0.05) is 0 Å². The first-order valence-electron chi connectivity index (χ1n) is 9.63. The van der Waals surface area contributed by atoms with Crippen LogP contribution < -0.4 is 10.9 Å². The number of aryl methyl sites for hydroxylation is 1. The molecular weight excluding hydrogens is 395 g/mol. The van der Waals surface area contributed by atoms with Crippen LogP contribution in [0.5, 0.6) is 0 Å². The smallest absolute Gasteiger partial charge is 0.264 e. The van der Waals surface area contributed by atoms with Crippen molar-refractivity contribution in [1.29, 1.82) is 0 Å². The molecule has 1 saturated heterocycles. The summed E-state index contributed by atoms with van der Waals surface area (Å²) in [4.78, 5) is 21.2. The third kappa shape index (κ3) is 2.97. The van der Waals surface area contributed by atoms with Crippen molar-refractivity contribution in [3.63, 3.8) is 0 Å². The molecule has 1 N–H and O–H groups in total. The Morgan fingerprint density at radius 3 is 2.73 bits per heavy atom. The van der Waals surface area contributed by atoms with Gasteiger partial charge in [-0.05, 0) is 43.7 Å². The van der Waals surface area contributed by atoms with E-state index in [1.54, 1.807) is 19.3 Å². The second-order valence-electron chi connectivity index (χ2n) is 7.58. The van der Waals surface area contributed by atoms with Crippen LogP contribution >= 0.6 is 0 Å². The number of piperidine rings is 1. The van der Waals surface area contributed by atoms with Crippen molar-refractivity contribution in [1.82, 2.24) is 24.3 Å². The van der Waals surface area contributed by atoms with Crippen molar-refractivity contribution in [2.24, 2.45) is 0 Å². The van der Waals surface area contributed by atoms with Crippen molar-refractivity contribution in [3.05, 3.63) is 64.6 Å². The number of nitrogens with zero attached hydrogens (tertiary/aromatic N) is 4. The second-order valence-corrected chi connectivity index (χ2v) is 7.58. The zero-order valence-electron chi connectivity index (χ0n) is 16.1. The van der Waals surface area contributed by atoms with Crippen molar-refractivity contribution in [2.75, 3.05) is 13.1 Å². The van der Waals surface area contributed by atoms with Gasteiger partial charge in [-0.25, -0.2) is 23.1 Å². The van der Waals surface area contributed by atoms with Crippen LogP contribution in [-0.4, -0.2) is 38.2 Å². The van der Waals surface area contributed by atoms with Crippen LogP contribution in [-0.2, 0) is 0 Å². The Morgan fingerprint density at radius 1 is 1.13 bits per heavy atom. The molecule has 0 saturated carbocycles. The summed E-state index contributed by atoms with van der Waals surface area (Å²) in [6.07, 6.45) is 3.73. The van der Waals surface area contributed by atoms with E-state index in [1.165, 1.54) is 33.5 Å². The third-order valence-electron chi connectivity index (χ3n) is 5.53. The molecule has 30 heavy (non-hydrogen) atoms. The lowest BCUT2D eigenvalue weighted by atomic mass is 10.0. The Hall–Kier alpha value is -3.20. The highest BCUT2D eigenvalue weighted by Crippen LogP contribution is 2.27. The molecule has 0 bridgehead atoms. The molecule has 3 aromatic heterocycles. The number of benzene rings is 1. The standard InChI is InChI=1S/C21H18F3N5O/c1-11-8-28-9-13(5-15(23)20(28)27-11)12-4-14(22)19-17(6-12)26-10-29(21(19)30)18-2-3-25-7-16(18)24/h4-6,8-10,16,18,25H,2-3,7H2,1H3/t16-,18-/m0/s1. The predicted molar refractivity (Wildman–Crippen MR) is 106 cm³/mol. The topological polar surface area (TPSA) is 64.2 Å². The fraction of sp³-hybridized carbons (Fsp3) is 0.286. The van der Waals surface area contributed by atoms with Gasteiger partial charge in [-0.15, -0.1) is 0 Å². The highest BCUT2D eigenvalue weighted by atomic mass is 19.1. The third-order valence-corrected chi connectivity index (χ3v) is 5.53. The van der Waals surface area contributed by atoms with Gasteiger partial charge in [0.15, 0.2) is 11.5 Å². The Labute approximate surface area is 169 Å². The summed E-state index contributed by atoms with van der Waals surface area (Å²) in [5.74, 6) is -1.31. The molecule has 5 rings (SSSR count). The quantitative estimate of drug-likeness (QED) is 0.548. The highest BCUT2D eigenvalue weighted by Gasteiger charge is 2.28. The van der Waals surface area contributed by atoms with E-state index in [4.69, 9.17) is 0 Å². The van der Waals surface area contributed by atoms with Gasteiger partial charge >= 0.3 is 0 Å². The maximum atomic E-state index is 15.0. The first-order valence-corrected chi connectivity index (χ1v) is 9.63. The number of halogens is 3. The molecule has 4 aromatic rings. The molecule has 0 radical (unpaired) electrons. The number of imidazole rings is 1. The SMILES string of the molecule is Cc1cn2cc(-c3cc(F)c4c(=O)n([C@H]5CCNC[C@@H]5F)cnc4c3)cc(F)c2n1. The van der Waals surface area contributed by atoms with E-state index in [9.17, 15) is 18.0 Å². The summed E-state index contributed by atoms with van der Waals surface area (Å²) >= 11 is 0. The monoisotopic (exact) mass is 413 g/mol. The van der Waals surface area contributed by atoms with Crippen LogP contribution in [0.25, 0.3) is 27.7 Å². The van der Waals surface area contributed by atoms with Gasteiger partial charge in [-0.3, -0.25) is 9.36 Å². The number of alkyl halides is 1. The van der Waals surface area contributed by atoms with E-state index in [1.807, 2.05) is 0 Å². The van der Waals surface area contributed by atoms with Gasteiger partial charge in [0.05, 0.1) is 23.6 Å². The van der Waals surface area contributed by atoms with Crippen LogP contribution in [0.4, 0.5) is 13.2 Å². The number of hydrogen-bond acceptors (Lipinski definition) is 4. The van der Waals surface area contributed by atoms with Crippen molar-refractivity contribution in [3.8, 4) is 11.1 Å². The van der Waals surface area contributed by atoms with Gasteiger partial charge in [-0.2, -0.15) is 0 Å². The molecule has 0 unspecified atom stereocenters. The molecule has 1 aliphatic heterocycles. The van der Waals surface area contributed by atoms with Gasteiger partial charge in [0.1, 0.15) is 17.4 Å². The van der Waals surface area contributed by atoms with Gasteiger partial charge in [0, 0.05) is 24.5 Å². The highest BCUT2D eigenvalue weighted by molar-refractivity contribution is 5.84. The van der Waals surface area contributed by atoms with Crippen molar-refractivity contribution in [2.45, 2.75) is 25.6 Å². The Balaban J connectivity index is 1.64. The molecule has 0 spiro atoms. The van der Waals surface area contributed by atoms with E-state index >= 15 is 0 Å². The number of fused-ring (bicyclic) bond motifs is 2. The first kappa shape index (κ1) is 18.8. The fourth-order valence-corrected chi connectivity index (χ4v) is 4.07. The maximum Gasteiger partial charge on any atom is 0.264 e. The number of hydrogen-bond donors (Lipinski definition) is 1. The molecule has 1 aliphatic rings. The molecule has 0 aliphatic carbocycles. The van der Waals surface area contributed by atoms with Crippen molar-refractivity contribution < 1.29 is 13.2 Å². The lowest BCUT2D eigenvalue weighted by Gasteiger charge is -2.28. The van der Waals surface area contributed by atoms with Crippen LogP contribution in [0.3, 0.4) is 0 Å². The van der Waals surface area contributed by atoms with Crippen LogP contribution in [0, 0.1) is 18.6 Å². The van der Waals surface area contributed by atoms with E-state index in [0.29, 0.717) is 29.8 Å². The Bertz CT molecular complexity index is 1350. The zero-order chi connectivity index (χ0) is 21.0. The van der Waals surface area contributed by atoms with Crippen LogP contribution in [0.1, 0.15) is 18.2 Å². The number of aromatic nitrogens is 4. The molecule has 9 heteroatoms. The van der Waals surface area contributed by atoms with Crippen molar-refractivity contribution >= 4 is 16.6 Å². The minimum absolute atomic E-state index is 0.137. The number of nitrogens with one attached hydrogen (secondary N) is 1. The average Bonchev–Trinajstić information content (AvgIpc) is 3.09. The summed E-state index contributed by atoms with van der Waals surface area (Å²) in [6.45, 7) is 2.46. The van der Waals surface area contributed by atoms with E-state index in [2.05, 4.69) is 15.3 Å². The van der Waals surface area contributed by atoms with Gasteiger partial charge in [0.2, 0.25) is 0 Å². The van der Waals surface area contributed by atoms with Crippen LogP contribution in [0.2, 0.25) is 0 Å². The molecule has 154 valence electrons. The minimum Gasteiger partial charge on any atom is -0.314 e. The summed E-state index contributed by atoms with van der Waals surface area (Å²) in [5.41, 5.74) is 1.15. The average molecular weight is 413 g/mol. The van der Waals surface area contributed by atoms with Crippen LogP contribution in [0.15, 0.2) is 41.7 Å². The summed E-state index contributed by atoms with van der Waals surface area (Å²) in [7, 11) is 0. The first-order chi connectivity index (χ1) is 14.4. The fourth-order valence-electron chi connectivity index (χ4n) is 4.07. The largest absolute Gasteiger partial charge is 0.314 e. The lowest BCUT2D eigenvalue weighted by Crippen LogP contribution is -2.42. The summed E-state index contributed by atoms with van der Waals surface area (Å²) < 4.78 is 46.4. The molecule has 6 nitrogen and oxygen atoms in total. The molecule has 2 atom stereocenters. The van der Waals surface area contributed by atoms with E-state index < -0.39 is 29.4 Å². The van der Waals surface area contributed by atoms with E-state index in [0.717, 1.165) is 0 Å². The zero-order valence-corrected chi connectivity index (χ0v) is 16.1. The molecule has 4 heterocycles. The maximum absolute atomic E-state index is 15.0. The van der Waals surface area contributed by atoms with Gasteiger partial charge in [0.25, 0.3) is 5.56 Å². The van der Waals surface area contributed by atoms with E-state index in [-0.39, 0.29) is 23.1 Å². The summed E-state index contributed by atoms with van der Waals surface area (Å²) in [6, 6.07) is 3.29. The number of rotatable bonds is 2. The lowest BCUT2D eigenvalue weighted by molar-refractivity contribution is 0.180. The van der Waals surface area contributed by atoms with Gasteiger partial charge < -0.3 is 9.72 Å². The summed E-state index contributed by atoms with van der Waals surface area (Å²) in [5, 5.41) is 2.72. The molecule has 1 aromatic carbocycles. The second kappa shape index (κ2) is 6.94. The predicted octanol–water partition coefficient (Wildman–Crippen LogP) is 3.17. The number of pyridine rings is 1. The normalized spacial score (nSPS) is 19.6. The molecular formula is C21H18F3N5O. The molecule has 1 fully saturated rings. The Morgan fingerprint density at radius 2 is 1.93 bits per heavy atom. The minimum atomic E-state index is -1.26. The molecule has 0 amide bonds.